The van der Waals surface area contributed by atoms with Crippen molar-refractivity contribution < 1.29 is 24.2 Å². The van der Waals surface area contributed by atoms with Crippen LogP contribution < -0.4 is 19.7 Å². The lowest BCUT2D eigenvalue weighted by Gasteiger charge is -2.35. The summed E-state index contributed by atoms with van der Waals surface area (Å²) in [4.78, 5) is 36.4. The molecule has 0 bridgehead atoms. The highest BCUT2D eigenvalue weighted by molar-refractivity contribution is 5.98. The van der Waals surface area contributed by atoms with E-state index in [1.54, 1.807) is 42.5 Å². The SMILES string of the molecule is COc1ccc(C(C)(C)C)cc1CN[C@H]1[C@H](C(C)(C)C)[C@@H](C(=O)O)N(C(=O)c2ccc(Oc3ccccc3)cc2)[C@H]1c1cccnc1N(C)C. The summed E-state index contributed by atoms with van der Waals surface area (Å²) in [5.41, 5.74) is 2.65. The molecule has 4 atom stereocenters. The van der Waals surface area contributed by atoms with Crippen molar-refractivity contribution in [1.29, 1.82) is 0 Å². The Morgan fingerprint density at radius 2 is 1.56 bits per heavy atom. The zero-order valence-corrected chi connectivity index (χ0v) is 30.6. The molecule has 1 fully saturated rings. The molecule has 1 saturated heterocycles. The number of hydrogen-bond donors (Lipinski definition) is 2. The number of carboxylic acids is 1. The van der Waals surface area contributed by atoms with Gasteiger partial charge in [-0.1, -0.05) is 77.9 Å². The molecule has 0 spiro atoms. The second kappa shape index (κ2) is 14.5. The van der Waals surface area contributed by atoms with Gasteiger partial charge in [0.25, 0.3) is 5.91 Å². The number of carbonyl (C=O) groups is 2. The molecule has 5 rings (SSSR count). The molecule has 1 amide bonds. The van der Waals surface area contributed by atoms with E-state index in [4.69, 9.17) is 14.5 Å². The molecule has 4 aromatic rings. The van der Waals surface area contributed by atoms with E-state index in [0.29, 0.717) is 29.4 Å². The molecule has 9 heteroatoms. The van der Waals surface area contributed by atoms with Crippen molar-refractivity contribution in [2.75, 3.05) is 26.1 Å². The van der Waals surface area contributed by atoms with Crippen LogP contribution in [-0.2, 0) is 16.8 Å². The van der Waals surface area contributed by atoms with Crippen LogP contribution in [0.3, 0.4) is 0 Å². The van der Waals surface area contributed by atoms with Crippen LogP contribution in [0.15, 0.2) is 91.1 Å². The van der Waals surface area contributed by atoms with Gasteiger partial charge in [-0.2, -0.15) is 0 Å². The molecule has 2 heterocycles. The molecule has 264 valence electrons. The Bertz CT molecular complexity index is 1790. The van der Waals surface area contributed by atoms with Gasteiger partial charge in [-0.25, -0.2) is 9.78 Å². The third kappa shape index (κ3) is 7.63. The maximum atomic E-state index is 14.8. The van der Waals surface area contributed by atoms with Gasteiger partial charge in [0.05, 0.1) is 13.2 Å². The first-order chi connectivity index (χ1) is 23.6. The lowest BCUT2D eigenvalue weighted by Crippen LogP contribution is -2.48. The van der Waals surface area contributed by atoms with E-state index in [1.165, 1.54) is 0 Å². The third-order valence-electron chi connectivity index (χ3n) is 9.47. The van der Waals surface area contributed by atoms with Crippen LogP contribution in [0.4, 0.5) is 5.82 Å². The highest BCUT2D eigenvalue weighted by atomic mass is 16.5. The molecule has 3 aromatic carbocycles. The summed E-state index contributed by atoms with van der Waals surface area (Å²) < 4.78 is 11.8. The number of nitrogens with one attached hydrogen (secondary N) is 1. The molecule has 1 aliphatic rings. The average Bonchev–Trinajstić information content (AvgIpc) is 3.43. The second-order valence-electron chi connectivity index (χ2n) is 15.3. The third-order valence-corrected chi connectivity index (χ3v) is 9.47. The van der Waals surface area contributed by atoms with Gasteiger partial charge in [-0.3, -0.25) is 4.79 Å². The highest BCUT2D eigenvalue weighted by Gasteiger charge is 2.58. The van der Waals surface area contributed by atoms with Crippen LogP contribution in [0.2, 0.25) is 0 Å². The van der Waals surface area contributed by atoms with Gasteiger partial charge in [0.1, 0.15) is 29.1 Å². The number of anilines is 1. The minimum absolute atomic E-state index is 0.0829. The number of likely N-dealkylation sites (tertiary alicyclic amines) is 1. The number of nitrogens with zero attached hydrogens (tertiary/aromatic N) is 3. The van der Waals surface area contributed by atoms with Gasteiger partial charge in [0, 0.05) is 55.5 Å². The molecule has 1 aromatic heterocycles. The van der Waals surface area contributed by atoms with E-state index >= 15 is 0 Å². The maximum Gasteiger partial charge on any atom is 0.326 e. The lowest BCUT2D eigenvalue weighted by atomic mass is 9.72. The van der Waals surface area contributed by atoms with Crippen LogP contribution in [0.1, 0.15) is 74.6 Å². The Morgan fingerprint density at radius 3 is 2.14 bits per heavy atom. The van der Waals surface area contributed by atoms with Crippen molar-refractivity contribution in [3.8, 4) is 17.2 Å². The summed E-state index contributed by atoms with van der Waals surface area (Å²) in [7, 11) is 5.46. The van der Waals surface area contributed by atoms with Crippen LogP contribution in [0.5, 0.6) is 17.2 Å². The van der Waals surface area contributed by atoms with Gasteiger partial charge >= 0.3 is 5.97 Å². The smallest absolute Gasteiger partial charge is 0.326 e. The number of pyridine rings is 1. The topological polar surface area (TPSA) is 104 Å². The van der Waals surface area contributed by atoms with E-state index < -0.39 is 35.4 Å². The Kier molecular flexibility index (Phi) is 10.6. The van der Waals surface area contributed by atoms with Crippen molar-refractivity contribution in [3.63, 3.8) is 0 Å². The molecule has 9 nitrogen and oxygen atoms in total. The summed E-state index contributed by atoms with van der Waals surface area (Å²) in [6.45, 7) is 13.0. The molecule has 2 N–H and O–H groups in total. The van der Waals surface area contributed by atoms with Crippen LogP contribution in [0, 0.1) is 11.3 Å². The number of carbonyl (C=O) groups excluding carboxylic acids is 1. The van der Waals surface area contributed by atoms with Crippen molar-refractivity contribution in [3.05, 3.63) is 113 Å². The van der Waals surface area contributed by atoms with Gasteiger partial charge in [0.15, 0.2) is 0 Å². The number of hydrogen-bond acceptors (Lipinski definition) is 7. The van der Waals surface area contributed by atoms with Crippen LogP contribution in [0.25, 0.3) is 0 Å². The number of ether oxygens (including phenoxy) is 2. The fourth-order valence-corrected chi connectivity index (χ4v) is 7.10. The van der Waals surface area contributed by atoms with Crippen molar-refractivity contribution in [2.24, 2.45) is 11.3 Å². The van der Waals surface area contributed by atoms with Crippen LogP contribution >= 0.6 is 0 Å². The van der Waals surface area contributed by atoms with E-state index in [0.717, 1.165) is 22.4 Å². The van der Waals surface area contributed by atoms with Gasteiger partial charge < -0.3 is 29.7 Å². The molecular weight excluding hydrogens is 628 g/mol. The summed E-state index contributed by atoms with van der Waals surface area (Å²) in [6.07, 6.45) is 1.71. The van der Waals surface area contributed by atoms with Crippen LogP contribution in [-0.4, -0.2) is 60.2 Å². The molecule has 1 aliphatic heterocycles. The summed E-state index contributed by atoms with van der Waals surface area (Å²) in [6, 6.07) is 24.0. The summed E-state index contributed by atoms with van der Waals surface area (Å²) >= 11 is 0. The maximum absolute atomic E-state index is 14.8. The largest absolute Gasteiger partial charge is 0.496 e. The van der Waals surface area contributed by atoms with Gasteiger partial charge in [-0.15, -0.1) is 0 Å². The lowest BCUT2D eigenvalue weighted by molar-refractivity contribution is -0.144. The second-order valence-corrected chi connectivity index (χ2v) is 15.3. The fraction of sp³-hybridized carbons (Fsp3) is 0.390. The van der Waals surface area contributed by atoms with E-state index in [9.17, 15) is 14.7 Å². The van der Waals surface area contributed by atoms with E-state index in [1.807, 2.05) is 88.3 Å². The first-order valence-corrected chi connectivity index (χ1v) is 17.0. The number of para-hydroxylation sites is 1. The Balaban J connectivity index is 1.63. The quantitative estimate of drug-likeness (QED) is 0.176. The molecule has 0 unspecified atom stereocenters. The van der Waals surface area contributed by atoms with E-state index in [2.05, 4.69) is 38.2 Å². The minimum atomic E-state index is -1.14. The Hall–Kier alpha value is -4.89. The highest BCUT2D eigenvalue weighted by Crippen LogP contribution is 2.50. The van der Waals surface area contributed by atoms with Crippen molar-refractivity contribution in [2.45, 2.75) is 71.6 Å². The van der Waals surface area contributed by atoms with Gasteiger partial charge in [0.2, 0.25) is 0 Å². The van der Waals surface area contributed by atoms with E-state index in [-0.39, 0.29) is 11.3 Å². The van der Waals surface area contributed by atoms with Crippen molar-refractivity contribution in [1.82, 2.24) is 15.2 Å². The van der Waals surface area contributed by atoms with Gasteiger partial charge in [-0.05, 0) is 64.9 Å². The summed E-state index contributed by atoms with van der Waals surface area (Å²) in [5.74, 6) is 0.731. The monoisotopic (exact) mass is 678 g/mol. The first kappa shape index (κ1) is 36.4. The molecular formula is C41H50N4O5. The molecule has 0 radical (unpaired) electrons. The fourth-order valence-electron chi connectivity index (χ4n) is 7.10. The minimum Gasteiger partial charge on any atom is -0.496 e. The molecule has 50 heavy (non-hydrogen) atoms. The molecule has 0 saturated carbocycles. The zero-order chi connectivity index (χ0) is 36.4. The molecule has 0 aliphatic carbocycles. The van der Waals surface area contributed by atoms with Crippen molar-refractivity contribution >= 4 is 17.7 Å². The number of amides is 1. The normalized spacial score (nSPS) is 19.3. The predicted octanol–water partition coefficient (Wildman–Crippen LogP) is 7.72. The Labute approximate surface area is 296 Å². The predicted molar refractivity (Wildman–Crippen MR) is 197 cm³/mol. The number of aromatic nitrogens is 1. The summed E-state index contributed by atoms with van der Waals surface area (Å²) in [5, 5.41) is 14.8. The zero-order valence-electron chi connectivity index (χ0n) is 30.6. The number of carboxylic acid groups (broad SMARTS) is 1. The standard InChI is InChI=1S/C41H50N4O5/c1-40(2,3)28-19-22-32(49-9)27(24-28)25-43-34-33(41(4,5)6)36(39(47)48)45(35(34)31-16-13-23-42-37(31)44(7)8)38(46)26-17-20-30(21-18-26)50-29-14-11-10-12-15-29/h10-24,33-36,43H,25H2,1-9H3,(H,47,48)/t33-,34-,35-,36-/m0/s1. The first-order valence-electron chi connectivity index (χ1n) is 17.0. The number of rotatable bonds is 10. The number of methoxy groups -OCH3 is 1. The number of aliphatic carboxylic acids is 1. The average molecular weight is 679 g/mol. The Morgan fingerprint density at radius 1 is 0.900 bits per heavy atom. The number of benzene rings is 3.